The second-order valence-corrected chi connectivity index (χ2v) is 10.7. The van der Waals surface area contributed by atoms with Crippen molar-refractivity contribution >= 4 is 11.8 Å². The van der Waals surface area contributed by atoms with Crippen molar-refractivity contribution in [2.24, 2.45) is 35.0 Å². The van der Waals surface area contributed by atoms with Crippen molar-refractivity contribution in [3.05, 3.63) is 0 Å². The molecular formula is C26H44O3. The molecule has 3 nitrogen and oxygen atoms in total. The highest BCUT2D eigenvalue weighted by Crippen LogP contribution is 2.47. The van der Waals surface area contributed by atoms with Crippen LogP contribution >= 0.6 is 0 Å². The van der Waals surface area contributed by atoms with Crippen molar-refractivity contribution in [1.82, 2.24) is 0 Å². The fourth-order valence-electron chi connectivity index (χ4n) is 6.74. The first-order valence-electron chi connectivity index (χ1n) is 12.6. The Kier molecular flexibility index (Phi) is 8.22. The molecule has 0 saturated heterocycles. The van der Waals surface area contributed by atoms with Gasteiger partial charge in [-0.15, -0.1) is 0 Å². The van der Waals surface area contributed by atoms with Crippen molar-refractivity contribution in [1.29, 1.82) is 0 Å². The molecule has 0 aliphatic heterocycles. The minimum Gasteiger partial charge on any atom is -0.468 e. The summed E-state index contributed by atoms with van der Waals surface area (Å²) in [5, 5.41) is 0. The lowest BCUT2D eigenvalue weighted by Gasteiger charge is -2.42. The van der Waals surface area contributed by atoms with Crippen LogP contribution in [0, 0.1) is 35.0 Å². The third kappa shape index (κ3) is 5.44. The van der Waals surface area contributed by atoms with Gasteiger partial charge in [0.05, 0.1) is 7.11 Å². The number of methoxy groups -OCH3 is 1. The van der Waals surface area contributed by atoms with Crippen LogP contribution in [0.4, 0.5) is 0 Å². The Morgan fingerprint density at radius 1 is 0.897 bits per heavy atom. The van der Waals surface area contributed by atoms with Crippen molar-refractivity contribution in [2.75, 3.05) is 7.11 Å². The lowest BCUT2D eigenvalue weighted by Crippen LogP contribution is -2.43. The van der Waals surface area contributed by atoms with Crippen LogP contribution in [0.3, 0.4) is 0 Å². The number of carbonyl (C=O) groups excluding carboxylic acids is 2. The average molecular weight is 405 g/mol. The summed E-state index contributed by atoms with van der Waals surface area (Å²) in [5.41, 5.74) is -0.891. The zero-order valence-corrected chi connectivity index (χ0v) is 19.2. The van der Waals surface area contributed by atoms with Crippen LogP contribution in [0.5, 0.6) is 0 Å². The summed E-state index contributed by atoms with van der Waals surface area (Å²) >= 11 is 0. The Balaban J connectivity index is 1.40. The smallest absolute Gasteiger partial charge is 0.319 e. The van der Waals surface area contributed by atoms with Gasteiger partial charge < -0.3 is 4.74 Å². The number of carbonyl (C=O) groups is 2. The van der Waals surface area contributed by atoms with Crippen molar-refractivity contribution in [3.63, 3.8) is 0 Å². The normalized spacial score (nSPS) is 38.6. The third-order valence-electron chi connectivity index (χ3n) is 8.97. The first-order chi connectivity index (χ1) is 14.0. The molecule has 2 atom stereocenters. The van der Waals surface area contributed by atoms with E-state index in [-0.39, 0.29) is 11.8 Å². The van der Waals surface area contributed by atoms with E-state index < -0.39 is 5.41 Å². The monoisotopic (exact) mass is 404 g/mol. The predicted octanol–water partition coefficient (Wildman–Crippen LogP) is 6.73. The molecule has 3 heteroatoms. The molecule has 3 aliphatic rings. The summed E-state index contributed by atoms with van der Waals surface area (Å²) < 4.78 is 4.90. The molecule has 3 aliphatic carbocycles. The van der Waals surface area contributed by atoms with Gasteiger partial charge in [-0.3, -0.25) is 9.59 Å². The summed E-state index contributed by atoms with van der Waals surface area (Å²) in [7, 11) is 1.40. The summed E-state index contributed by atoms with van der Waals surface area (Å²) in [6.45, 7) is 4.08. The van der Waals surface area contributed by atoms with Gasteiger partial charge in [0.25, 0.3) is 0 Å². The van der Waals surface area contributed by atoms with E-state index in [0.29, 0.717) is 24.7 Å². The number of unbranched alkanes of at least 4 members (excludes halogenated alkanes) is 2. The summed E-state index contributed by atoms with van der Waals surface area (Å²) in [5.74, 6) is 3.88. The number of Topliss-reactive ketones (excluding diaryl/α,β-unsaturated/α-hetero) is 1. The molecule has 0 heterocycles. The van der Waals surface area contributed by atoms with Gasteiger partial charge in [0.2, 0.25) is 0 Å². The molecule has 0 aromatic heterocycles. The van der Waals surface area contributed by atoms with Gasteiger partial charge in [-0.25, -0.2) is 0 Å². The fourth-order valence-corrected chi connectivity index (χ4v) is 6.74. The van der Waals surface area contributed by atoms with Crippen LogP contribution in [0.2, 0.25) is 0 Å². The van der Waals surface area contributed by atoms with E-state index in [9.17, 15) is 9.59 Å². The van der Waals surface area contributed by atoms with E-state index in [0.717, 1.165) is 24.2 Å². The number of ether oxygens (including phenoxy) is 1. The Labute approximate surface area is 178 Å². The Bertz CT molecular complexity index is 540. The molecule has 0 bridgehead atoms. The number of hydrogen-bond donors (Lipinski definition) is 0. The lowest BCUT2D eigenvalue weighted by atomic mass is 9.62. The van der Waals surface area contributed by atoms with E-state index in [2.05, 4.69) is 6.92 Å². The summed E-state index contributed by atoms with van der Waals surface area (Å²) in [6, 6.07) is 0. The van der Waals surface area contributed by atoms with Crippen molar-refractivity contribution in [3.8, 4) is 0 Å². The van der Waals surface area contributed by atoms with Crippen LogP contribution in [0.15, 0.2) is 0 Å². The number of hydrogen-bond acceptors (Lipinski definition) is 3. The molecule has 0 aromatic rings. The van der Waals surface area contributed by atoms with Crippen LogP contribution in [0.25, 0.3) is 0 Å². The number of ketones is 1. The van der Waals surface area contributed by atoms with Gasteiger partial charge in [-0.05, 0) is 87.9 Å². The topological polar surface area (TPSA) is 43.4 Å². The molecule has 0 aromatic carbocycles. The van der Waals surface area contributed by atoms with Crippen molar-refractivity contribution in [2.45, 2.75) is 110 Å². The predicted molar refractivity (Wildman–Crippen MR) is 118 cm³/mol. The maximum atomic E-state index is 12.7. The minimum absolute atomic E-state index is 0.115. The fraction of sp³-hybridized carbons (Fsp3) is 0.923. The quantitative estimate of drug-likeness (QED) is 0.268. The highest BCUT2D eigenvalue weighted by atomic mass is 16.5. The molecule has 0 spiro atoms. The molecule has 0 N–H and O–H groups in total. The molecule has 166 valence electrons. The summed E-state index contributed by atoms with van der Waals surface area (Å²) in [4.78, 5) is 24.8. The van der Waals surface area contributed by atoms with Crippen molar-refractivity contribution < 1.29 is 14.3 Å². The highest BCUT2D eigenvalue weighted by molar-refractivity contribution is 6.03. The van der Waals surface area contributed by atoms with Gasteiger partial charge in [-0.1, -0.05) is 45.4 Å². The minimum atomic E-state index is -0.891. The second kappa shape index (κ2) is 10.4. The lowest BCUT2D eigenvalue weighted by molar-refractivity contribution is -0.160. The second-order valence-electron chi connectivity index (χ2n) is 10.7. The Morgan fingerprint density at radius 3 is 1.97 bits per heavy atom. The van der Waals surface area contributed by atoms with Crippen LogP contribution in [-0.2, 0) is 14.3 Å². The van der Waals surface area contributed by atoms with Gasteiger partial charge >= 0.3 is 5.97 Å². The summed E-state index contributed by atoms with van der Waals surface area (Å²) in [6.07, 6.45) is 19.1. The first kappa shape index (κ1) is 22.8. The largest absolute Gasteiger partial charge is 0.468 e. The SMILES string of the molecule is CCCCCC1CCC(C2CCC([C@@H]3CC[C@](C)(C(=O)OC)C(=O)C3)CC2)CC1. The molecule has 0 unspecified atom stereocenters. The van der Waals surface area contributed by atoms with Crippen LogP contribution < -0.4 is 0 Å². The van der Waals surface area contributed by atoms with E-state index in [1.165, 1.54) is 84.2 Å². The van der Waals surface area contributed by atoms with E-state index in [4.69, 9.17) is 4.74 Å². The van der Waals surface area contributed by atoms with E-state index >= 15 is 0 Å². The highest BCUT2D eigenvalue weighted by Gasteiger charge is 2.47. The Hall–Kier alpha value is -0.860. The van der Waals surface area contributed by atoms with Gasteiger partial charge in [0, 0.05) is 6.42 Å². The standard InChI is InChI=1S/C26H44O3/c1-4-5-6-7-19-8-10-20(11-9-19)21-12-14-22(15-13-21)23-16-17-26(2,24(27)18-23)25(28)29-3/h19-23H,4-18H2,1-3H3/t19?,20?,21?,22?,23-,26+/m1/s1. The zero-order valence-electron chi connectivity index (χ0n) is 19.2. The molecule has 3 rings (SSSR count). The van der Waals surface area contributed by atoms with E-state index in [1.807, 2.05) is 0 Å². The van der Waals surface area contributed by atoms with Crippen LogP contribution in [0.1, 0.15) is 110 Å². The molecule has 3 fully saturated rings. The van der Waals surface area contributed by atoms with Gasteiger partial charge in [-0.2, -0.15) is 0 Å². The number of esters is 1. The van der Waals surface area contributed by atoms with Crippen LogP contribution in [-0.4, -0.2) is 18.9 Å². The van der Waals surface area contributed by atoms with E-state index in [1.54, 1.807) is 6.92 Å². The number of rotatable bonds is 7. The van der Waals surface area contributed by atoms with Gasteiger partial charge in [0.15, 0.2) is 0 Å². The Morgan fingerprint density at radius 2 is 1.45 bits per heavy atom. The molecule has 0 amide bonds. The first-order valence-corrected chi connectivity index (χ1v) is 12.6. The molecular weight excluding hydrogens is 360 g/mol. The maximum Gasteiger partial charge on any atom is 0.319 e. The molecule has 0 radical (unpaired) electrons. The average Bonchev–Trinajstić information content (AvgIpc) is 2.76. The molecule has 3 saturated carbocycles. The maximum absolute atomic E-state index is 12.7. The zero-order chi connectivity index (χ0) is 20.9. The third-order valence-corrected chi connectivity index (χ3v) is 8.97. The molecule has 29 heavy (non-hydrogen) atoms. The van der Waals surface area contributed by atoms with Gasteiger partial charge in [0.1, 0.15) is 11.2 Å².